The minimum absolute atomic E-state index is 0.149. The lowest BCUT2D eigenvalue weighted by atomic mass is 10.0. The summed E-state index contributed by atoms with van der Waals surface area (Å²) in [6, 6.07) is 6.95. The fourth-order valence-electron chi connectivity index (χ4n) is 1.81. The van der Waals surface area contributed by atoms with E-state index >= 15 is 0 Å². The average Bonchev–Trinajstić information content (AvgIpc) is 2.56. The molecule has 0 spiro atoms. The van der Waals surface area contributed by atoms with Gasteiger partial charge in [-0.2, -0.15) is 0 Å². The molecule has 2 atom stereocenters. The molecule has 5 heteroatoms. The third-order valence-electron chi connectivity index (χ3n) is 3.64. The Morgan fingerprint density at radius 3 is 2.45 bits per heavy atom. The van der Waals surface area contributed by atoms with E-state index in [4.69, 9.17) is 0 Å². The molecule has 0 bridgehead atoms. The van der Waals surface area contributed by atoms with Crippen molar-refractivity contribution in [1.82, 2.24) is 10.6 Å². The van der Waals surface area contributed by atoms with Crippen LogP contribution in [0.1, 0.15) is 36.2 Å². The number of nitrogens with one attached hydrogen (secondary N) is 2. The lowest BCUT2D eigenvalue weighted by Gasteiger charge is -2.17. The van der Waals surface area contributed by atoms with E-state index in [0.29, 0.717) is 12.1 Å². The summed E-state index contributed by atoms with van der Waals surface area (Å²) in [5.41, 5.74) is 1.42. The Morgan fingerprint density at radius 1 is 1.27 bits per heavy atom. The molecule has 2 unspecified atom stereocenters. The molecule has 3 N–H and O–H groups in total. The molecule has 2 amide bonds. The van der Waals surface area contributed by atoms with Gasteiger partial charge in [-0.05, 0) is 29.7 Å². The minimum Gasteiger partial charge on any atom is -0.391 e. The Hall–Kier alpha value is -2.14. The number of rotatable bonds is 8. The topological polar surface area (TPSA) is 78.4 Å². The van der Waals surface area contributed by atoms with Gasteiger partial charge in [0.2, 0.25) is 5.91 Å². The SMILES string of the molecule is C=CC(=O)NCc1ccc(C(=O)NCC(O)C(C)CC)cc1. The second-order valence-electron chi connectivity index (χ2n) is 5.28. The van der Waals surface area contributed by atoms with Crippen LogP contribution in [0.25, 0.3) is 0 Å². The van der Waals surface area contributed by atoms with Gasteiger partial charge >= 0.3 is 0 Å². The normalized spacial score (nSPS) is 13.0. The van der Waals surface area contributed by atoms with Crippen molar-refractivity contribution in [3.63, 3.8) is 0 Å². The zero-order valence-corrected chi connectivity index (χ0v) is 13.1. The second kappa shape index (κ2) is 9.00. The summed E-state index contributed by atoms with van der Waals surface area (Å²) in [6.07, 6.45) is 1.54. The van der Waals surface area contributed by atoms with Gasteiger partial charge < -0.3 is 15.7 Å². The van der Waals surface area contributed by atoms with Gasteiger partial charge in [-0.25, -0.2) is 0 Å². The van der Waals surface area contributed by atoms with Crippen LogP contribution in [0.3, 0.4) is 0 Å². The van der Waals surface area contributed by atoms with Crippen LogP contribution in [-0.2, 0) is 11.3 Å². The first-order chi connectivity index (χ1) is 10.5. The summed E-state index contributed by atoms with van der Waals surface area (Å²) in [5, 5.41) is 15.2. The summed E-state index contributed by atoms with van der Waals surface area (Å²) in [6.45, 7) is 7.95. The standard InChI is InChI=1S/C17H24N2O3/c1-4-12(3)15(20)11-19-17(22)14-8-6-13(7-9-14)10-18-16(21)5-2/h5-9,12,15,20H,2,4,10-11H2,1,3H3,(H,18,21)(H,19,22). The van der Waals surface area contributed by atoms with E-state index in [-0.39, 0.29) is 24.3 Å². The zero-order chi connectivity index (χ0) is 16.5. The Labute approximate surface area is 131 Å². The molecule has 1 rings (SSSR count). The van der Waals surface area contributed by atoms with Crippen molar-refractivity contribution in [3.8, 4) is 0 Å². The summed E-state index contributed by atoms with van der Waals surface area (Å²) in [4.78, 5) is 23.1. The quantitative estimate of drug-likeness (QED) is 0.639. The smallest absolute Gasteiger partial charge is 0.251 e. The van der Waals surface area contributed by atoms with Crippen LogP contribution < -0.4 is 10.6 Å². The van der Waals surface area contributed by atoms with Crippen LogP contribution >= 0.6 is 0 Å². The van der Waals surface area contributed by atoms with Gasteiger partial charge in [0.25, 0.3) is 5.91 Å². The first kappa shape index (κ1) is 17.9. The zero-order valence-electron chi connectivity index (χ0n) is 13.1. The van der Waals surface area contributed by atoms with Crippen LogP contribution in [0.15, 0.2) is 36.9 Å². The van der Waals surface area contributed by atoms with Crippen molar-refractivity contribution in [1.29, 1.82) is 0 Å². The van der Waals surface area contributed by atoms with Crippen molar-refractivity contribution >= 4 is 11.8 Å². The molecular formula is C17H24N2O3. The molecule has 1 aromatic rings. The van der Waals surface area contributed by atoms with E-state index in [1.807, 2.05) is 13.8 Å². The van der Waals surface area contributed by atoms with Crippen molar-refractivity contribution < 1.29 is 14.7 Å². The molecule has 0 fully saturated rings. The number of aliphatic hydroxyl groups is 1. The minimum atomic E-state index is -0.540. The van der Waals surface area contributed by atoms with Gasteiger partial charge in [0.15, 0.2) is 0 Å². The highest BCUT2D eigenvalue weighted by Crippen LogP contribution is 2.07. The van der Waals surface area contributed by atoms with Crippen LogP contribution in [0.5, 0.6) is 0 Å². The number of carbonyl (C=O) groups is 2. The molecule has 0 heterocycles. The third-order valence-corrected chi connectivity index (χ3v) is 3.64. The Bertz CT molecular complexity index is 511. The molecule has 5 nitrogen and oxygen atoms in total. The van der Waals surface area contributed by atoms with Crippen molar-refractivity contribution in [3.05, 3.63) is 48.0 Å². The van der Waals surface area contributed by atoms with E-state index < -0.39 is 6.10 Å². The number of amides is 2. The van der Waals surface area contributed by atoms with E-state index in [1.54, 1.807) is 24.3 Å². The van der Waals surface area contributed by atoms with Crippen LogP contribution in [-0.4, -0.2) is 29.6 Å². The van der Waals surface area contributed by atoms with Gasteiger partial charge in [-0.3, -0.25) is 9.59 Å². The highest BCUT2D eigenvalue weighted by Gasteiger charge is 2.14. The molecule has 0 aliphatic carbocycles. The second-order valence-corrected chi connectivity index (χ2v) is 5.28. The first-order valence-electron chi connectivity index (χ1n) is 7.43. The average molecular weight is 304 g/mol. The van der Waals surface area contributed by atoms with Crippen molar-refractivity contribution in [2.75, 3.05) is 6.54 Å². The van der Waals surface area contributed by atoms with Crippen molar-refractivity contribution in [2.24, 2.45) is 5.92 Å². The highest BCUT2D eigenvalue weighted by atomic mass is 16.3. The fourth-order valence-corrected chi connectivity index (χ4v) is 1.81. The summed E-state index contributed by atoms with van der Waals surface area (Å²) < 4.78 is 0. The lowest BCUT2D eigenvalue weighted by molar-refractivity contribution is -0.116. The molecule has 0 saturated carbocycles. The van der Waals surface area contributed by atoms with Gasteiger partial charge in [0.1, 0.15) is 0 Å². The molecule has 120 valence electrons. The van der Waals surface area contributed by atoms with Gasteiger partial charge in [-0.1, -0.05) is 39.0 Å². The van der Waals surface area contributed by atoms with Crippen LogP contribution in [0.4, 0.5) is 0 Å². The summed E-state index contributed by atoms with van der Waals surface area (Å²) in [5.74, 6) is -0.305. The maximum absolute atomic E-state index is 12.0. The van der Waals surface area contributed by atoms with E-state index in [0.717, 1.165) is 12.0 Å². The van der Waals surface area contributed by atoms with E-state index in [1.165, 1.54) is 6.08 Å². The largest absolute Gasteiger partial charge is 0.391 e. The molecule has 0 saturated heterocycles. The third kappa shape index (κ3) is 5.69. The van der Waals surface area contributed by atoms with Crippen LogP contribution in [0, 0.1) is 5.92 Å². The number of benzene rings is 1. The Morgan fingerprint density at radius 2 is 1.91 bits per heavy atom. The Kier molecular flexibility index (Phi) is 7.32. The molecule has 0 aliphatic heterocycles. The lowest BCUT2D eigenvalue weighted by Crippen LogP contribution is -2.35. The number of hydrogen-bond donors (Lipinski definition) is 3. The molecule has 22 heavy (non-hydrogen) atoms. The predicted octanol–water partition coefficient (Wildman–Crippen LogP) is 1.63. The molecule has 0 radical (unpaired) electrons. The number of hydrogen-bond acceptors (Lipinski definition) is 3. The van der Waals surface area contributed by atoms with Crippen molar-refractivity contribution in [2.45, 2.75) is 32.9 Å². The van der Waals surface area contributed by atoms with Gasteiger partial charge in [-0.15, -0.1) is 0 Å². The summed E-state index contributed by atoms with van der Waals surface area (Å²) in [7, 11) is 0. The Balaban J connectivity index is 2.50. The fraction of sp³-hybridized carbons (Fsp3) is 0.412. The predicted molar refractivity (Wildman–Crippen MR) is 86.3 cm³/mol. The molecular weight excluding hydrogens is 280 g/mol. The maximum Gasteiger partial charge on any atom is 0.251 e. The van der Waals surface area contributed by atoms with E-state index in [9.17, 15) is 14.7 Å². The highest BCUT2D eigenvalue weighted by molar-refractivity contribution is 5.94. The molecule has 0 aromatic heterocycles. The van der Waals surface area contributed by atoms with Gasteiger partial charge in [0.05, 0.1) is 6.10 Å². The maximum atomic E-state index is 12.0. The monoisotopic (exact) mass is 304 g/mol. The van der Waals surface area contributed by atoms with Gasteiger partial charge in [0, 0.05) is 18.7 Å². The van der Waals surface area contributed by atoms with E-state index in [2.05, 4.69) is 17.2 Å². The summed E-state index contributed by atoms with van der Waals surface area (Å²) >= 11 is 0. The molecule has 1 aromatic carbocycles. The molecule has 0 aliphatic rings. The first-order valence-corrected chi connectivity index (χ1v) is 7.43. The number of carbonyl (C=O) groups excluding carboxylic acids is 2. The van der Waals surface area contributed by atoms with Crippen LogP contribution in [0.2, 0.25) is 0 Å². The number of aliphatic hydroxyl groups excluding tert-OH is 1.